The number of rotatable bonds is 3. The van der Waals surface area contributed by atoms with Crippen LogP contribution in [0.15, 0.2) is 41.8 Å². The third-order valence-corrected chi connectivity index (χ3v) is 4.48. The van der Waals surface area contributed by atoms with Gasteiger partial charge in [0, 0.05) is 21.7 Å². The van der Waals surface area contributed by atoms with Crippen LogP contribution in [0.2, 0.25) is 15.1 Å². The van der Waals surface area contributed by atoms with Crippen molar-refractivity contribution in [2.24, 2.45) is 0 Å². The maximum Gasteiger partial charge on any atom is 0.187 e. The summed E-state index contributed by atoms with van der Waals surface area (Å²) in [5.74, 6) is -0.458. The molecule has 2 aromatic carbocycles. The molecule has 0 amide bonds. The molecule has 1 aromatic heterocycles. The molecule has 0 saturated carbocycles. The van der Waals surface area contributed by atoms with Crippen LogP contribution in [-0.4, -0.2) is 4.98 Å². The summed E-state index contributed by atoms with van der Waals surface area (Å²) in [6.07, 6.45) is 0. The SMILES string of the molecule is Cl.Fc1ccc(Nc2nc(-c3ccc(Cl)cc3Cl)cs2)cc1Cl. The van der Waals surface area contributed by atoms with Gasteiger partial charge in [0.25, 0.3) is 0 Å². The zero-order valence-corrected chi connectivity index (χ0v) is 15.2. The van der Waals surface area contributed by atoms with Gasteiger partial charge in [-0.1, -0.05) is 34.8 Å². The van der Waals surface area contributed by atoms with Crippen LogP contribution in [0.4, 0.5) is 15.2 Å². The van der Waals surface area contributed by atoms with Gasteiger partial charge in [0.1, 0.15) is 5.82 Å². The molecule has 0 aliphatic heterocycles. The Kier molecular flexibility index (Phi) is 6.12. The van der Waals surface area contributed by atoms with Gasteiger partial charge in [-0.05, 0) is 36.4 Å². The van der Waals surface area contributed by atoms with E-state index in [-0.39, 0.29) is 17.4 Å². The maximum atomic E-state index is 13.1. The van der Waals surface area contributed by atoms with Crippen molar-refractivity contribution in [1.29, 1.82) is 0 Å². The van der Waals surface area contributed by atoms with Crippen molar-refractivity contribution in [3.63, 3.8) is 0 Å². The van der Waals surface area contributed by atoms with E-state index in [9.17, 15) is 4.39 Å². The molecular formula is C15H9Cl4FN2S. The Hall–Kier alpha value is -1.04. The van der Waals surface area contributed by atoms with E-state index in [0.717, 1.165) is 11.3 Å². The van der Waals surface area contributed by atoms with Gasteiger partial charge in [-0.15, -0.1) is 23.7 Å². The fourth-order valence-corrected chi connectivity index (χ4v) is 3.27. The Bertz CT molecular complexity index is 838. The summed E-state index contributed by atoms with van der Waals surface area (Å²) in [7, 11) is 0. The molecule has 2 nitrogen and oxygen atoms in total. The lowest BCUT2D eigenvalue weighted by atomic mass is 10.2. The molecule has 1 N–H and O–H groups in total. The smallest absolute Gasteiger partial charge is 0.187 e. The third kappa shape index (κ3) is 4.28. The second-order valence-corrected chi connectivity index (χ2v) is 6.52. The number of nitrogens with one attached hydrogen (secondary N) is 1. The Labute approximate surface area is 157 Å². The van der Waals surface area contributed by atoms with Crippen LogP contribution >= 0.6 is 58.5 Å². The van der Waals surface area contributed by atoms with E-state index in [1.165, 1.54) is 23.5 Å². The van der Waals surface area contributed by atoms with Crippen LogP contribution in [0.5, 0.6) is 0 Å². The van der Waals surface area contributed by atoms with Crippen molar-refractivity contribution in [3.05, 3.63) is 62.7 Å². The molecule has 3 aromatic rings. The van der Waals surface area contributed by atoms with E-state index in [1.54, 1.807) is 18.2 Å². The van der Waals surface area contributed by atoms with Crippen LogP contribution in [0.25, 0.3) is 11.3 Å². The van der Waals surface area contributed by atoms with Crippen LogP contribution in [0.3, 0.4) is 0 Å². The van der Waals surface area contributed by atoms with Gasteiger partial charge in [-0.25, -0.2) is 9.37 Å². The van der Waals surface area contributed by atoms with Gasteiger partial charge in [0.15, 0.2) is 5.13 Å². The van der Waals surface area contributed by atoms with Crippen molar-refractivity contribution in [2.45, 2.75) is 0 Å². The van der Waals surface area contributed by atoms with Crippen molar-refractivity contribution >= 4 is 69.4 Å². The van der Waals surface area contributed by atoms with Gasteiger partial charge < -0.3 is 5.32 Å². The highest BCUT2D eigenvalue weighted by atomic mass is 35.5. The van der Waals surface area contributed by atoms with E-state index in [4.69, 9.17) is 34.8 Å². The van der Waals surface area contributed by atoms with Crippen molar-refractivity contribution in [2.75, 3.05) is 5.32 Å². The van der Waals surface area contributed by atoms with Gasteiger partial charge in [0.2, 0.25) is 0 Å². The molecule has 0 atom stereocenters. The molecule has 0 unspecified atom stereocenters. The zero-order valence-electron chi connectivity index (χ0n) is 11.3. The van der Waals surface area contributed by atoms with E-state index in [1.807, 2.05) is 11.4 Å². The second-order valence-electron chi connectivity index (χ2n) is 4.42. The highest BCUT2D eigenvalue weighted by Gasteiger charge is 2.09. The number of nitrogens with zero attached hydrogens (tertiary/aromatic N) is 1. The monoisotopic (exact) mass is 408 g/mol. The first kappa shape index (κ1) is 18.3. The first-order chi connectivity index (χ1) is 10.5. The topological polar surface area (TPSA) is 24.9 Å². The quantitative estimate of drug-likeness (QED) is 0.500. The summed E-state index contributed by atoms with van der Waals surface area (Å²) in [5.41, 5.74) is 2.20. The van der Waals surface area contributed by atoms with Gasteiger partial charge in [-0.2, -0.15) is 0 Å². The average molecular weight is 410 g/mol. The van der Waals surface area contributed by atoms with E-state index in [0.29, 0.717) is 20.9 Å². The van der Waals surface area contributed by atoms with Crippen molar-refractivity contribution in [3.8, 4) is 11.3 Å². The lowest BCUT2D eigenvalue weighted by molar-refractivity contribution is 0.628. The van der Waals surface area contributed by atoms with Crippen molar-refractivity contribution in [1.82, 2.24) is 4.98 Å². The molecule has 0 bridgehead atoms. The third-order valence-electron chi connectivity index (χ3n) is 2.88. The Morgan fingerprint density at radius 3 is 2.48 bits per heavy atom. The van der Waals surface area contributed by atoms with E-state index < -0.39 is 5.82 Å². The number of halogens is 5. The summed E-state index contributed by atoms with van der Waals surface area (Å²) in [4.78, 5) is 4.46. The first-order valence-electron chi connectivity index (χ1n) is 6.16. The summed E-state index contributed by atoms with van der Waals surface area (Å²) in [6.45, 7) is 0. The summed E-state index contributed by atoms with van der Waals surface area (Å²) < 4.78 is 13.1. The minimum Gasteiger partial charge on any atom is -0.331 e. The minimum absolute atomic E-state index is 0. The van der Waals surface area contributed by atoms with Crippen LogP contribution in [-0.2, 0) is 0 Å². The Morgan fingerprint density at radius 1 is 1.00 bits per heavy atom. The molecule has 1 heterocycles. The number of hydrogen-bond donors (Lipinski definition) is 1. The largest absolute Gasteiger partial charge is 0.331 e. The van der Waals surface area contributed by atoms with E-state index >= 15 is 0 Å². The Morgan fingerprint density at radius 2 is 1.78 bits per heavy atom. The molecule has 23 heavy (non-hydrogen) atoms. The lowest BCUT2D eigenvalue weighted by Crippen LogP contribution is -1.90. The highest BCUT2D eigenvalue weighted by Crippen LogP contribution is 2.33. The van der Waals surface area contributed by atoms with Crippen LogP contribution < -0.4 is 5.32 Å². The molecule has 8 heteroatoms. The minimum atomic E-state index is -0.458. The van der Waals surface area contributed by atoms with Crippen LogP contribution in [0.1, 0.15) is 0 Å². The fourth-order valence-electron chi connectivity index (χ4n) is 1.85. The lowest BCUT2D eigenvalue weighted by Gasteiger charge is -2.04. The molecule has 0 radical (unpaired) electrons. The molecule has 0 aliphatic rings. The van der Waals surface area contributed by atoms with Crippen molar-refractivity contribution < 1.29 is 4.39 Å². The van der Waals surface area contributed by atoms with Gasteiger partial charge in [0.05, 0.1) is 15.7 Å². The fraction of sp³-hybridized carbons (Fsp3) is 0. The Balaban J connectivity index is 0.00000192. The predicted octanol–water partition coefficient (Wildman–Crippen LogP) is 7.07. The zero-order chi connectivity index (χ0) is 15.7. The predicted molar refractivity (Wildman–Crippen MR) is 99.5 cm³/mol. The average Bonchev–Trinajstić information content (AvgIpc) is 2.91. The molecule has 0 spiro atoms. The maximum absolute atomic E-state index is 13.1. The molecule has 0 aliphatic carbocycles. The molecular weight excluding hydrogens is 401 g/mol. The van der Waals surface area contributed by atoms with Gasteiger partial charge in [-0.3, -0.25) is 0 Å². The van der Waals surface area contributed by atoms with Crippen LogP contribution in [0, 0.1) is 5.82 Å². The normalized spacial score (nSPS) is 10.3. The molecule has 3 rings (SSSR count). The molecule has 0 fully saturated rings. The highest BCUT2D eigenvalue weighted by molar-refractivity contribution is 7.14. The number of benzene rings is 2. The number of anilines is 2. The second kappa shape index (κ2) is 7.69. The number of thiazole rings is 1. The number of aromatic nitrogens is 1. The van der Waals surface area contributed by atoms with E-state index in [2.05, 4.69) is 10.3 Å². The summed E-state index contributed by atoms with van der Waals surface area (Å²) in [5, 5.41) is 6.78. The summed E-state index contributed by atoms with van der Waals surface area (Å²) in [6, 6.07) is 9.65. The standard InChI is InChI=1S/C15H8Cl3FN2S.ClH/c16-8-1-3-10(11(17)5-8)14-7-22-15(21-14)20-9-2-4-13(19)12(18)6-9;/h1-7H,(H,20,21);1H. The summed E-state index contributed by atoms with van der Waals surface area (Å²) >= 11 is 19.2. The number of hydrogen-bond acceptors (Lipinski definition) is 3. The molecule has 0 saturated heterocycles. The molecule has 120 valence electrons. The van der Waals surface area contributed by atoms with Gasteiger partial charge >= 0.3 is 0 Å². The first-order valence-corrected chi connectivity index (χ1v) is 8.17.